The Labute approximate surface area is 152 Å². The maximum Gasteiger partial charge on any atom is 0.122 e. The van der Waals surface area contributed by atoms with Crippen molar-refractivity contribution in [2.24, 2.45) is 0 Å². The molecule has 0 radical (unpaired) electrons. The monoisotopic (exact) mass is 357 g/mol. The van der Waals surface area contributed by atoms with Gasteiger partial charge in [-0.1, -0.05) is 24.3 Å². The minimum Gasteiger partial charge on any atom is -0.491 e. The number of nitrogens with zero attached hydrogens (tertiary/aromatic N) is 1. The number of thiophene rings is 1. The van der Waals surface area contributed by atoms with Crippen LogP contribution in [0.1, 0.15) is 16.2 Å². The molecule has 2 aromatic heterocycles. The Morgan fingerprint density at radius 3 is 2.72 bits per heavy atom. The fraction of sp³-hybridized carbons (Fsp3) is 0.300. The summed E-state index contributed by atoms with van der Waals surface area (Å²) in [5, 5.41) is 12.5. The number of hydrogen-bond acceptors (Lipinski definition) is 5. The van der Waals surface area contributed by atoms with Gasteiger partial charge >= 0.3 is 0 Å². The van der Waals surface area contributed by atoms with Gasteiger partial charge in [0.1, 0.15) is 24.2 Å². The summed E-state index contributed by atoms with van der Waals surface area (Å²) in [6.45, 7) is 4.22. The molecule has 5 heteroatoms. The van der Waals surface area contributed by atoms with E-state index in [-0.39, 0.29) is 6.61 Å². The lowest BCUT2D eigenvalue weighted by Gasteiger charge is -2.24. The molecule has 1 aromatic carbocycles. The van der Waals surface area contributed by atoms with Crippen molar-refractivity contribution in [2.75, 3.05) is 13.2 Å². The highest BCUT2D eigenvalue weighted by molar-refractivity contribution is 7.09. The van der Waals surface area contributed by atoms with Crippen molar-refractivity contribution in [3.05, 3.63) is 76.4 Å². The Balaban J connectivity index is 1.57. The van der Waals surface area contributed by atoms with E-state index < -0.39 is 6.10 Å². The van der Waals surface area contributed by atoms with Crippen molar-refractivity contribution < 1.29 is 14.3 Å². The summed E-state index contributed by atoms with van der Waals surface area (Å²) in [7, 11) is 0. The highest BCUT2D eigenvalue weighted by Crippen LogP contribution is 2.18. The third-order valence-corrected chi connectivity index (χ3v) is 4.77. The number of furan rings is 1. The quantitative estimate of drug-likeness (QED) is 0.626. The molecule has 0 fully saturated rings. The van der Waals surface area contributed by atoms with Crippen LogP contribution in [0.3, 0.4) is 0 Å². The summed E-state index contributed by atoms with van der Waals surface area (Å²) in [5.41, 5.74) is 1.07. The number of benzene rings is 1. The predicted octanol–water partition coefficient (Wildman–Crippen LogP) is 4.09. The predicted molar refractivity (Wildman–Crippen MR) is 99.8 cm³/mol. The average molecular weight is 357 g/mol. The molecule has 1 atom stereocenters. The van der Waals surface area contributed by atoms with Crippen molar-refractivity contribution in [1.82, 2.24) is 4.90 Å². The molecule has 0 aliphatic rings. The zero-order chi connectivity index (χ0) is 17.5. The first kappa shape index (κ1) is 17.7. The average Bonchev–Trinajstić information content (AvgIpc) is 3.28. The second-order valence-electron chi connectivity index (χ2n) is 6.06. The van der Waals surface area contributed by atoms with Crippen molar-refractivity contribution in [3.8, 4) is 5.75 Å². The normalized spacial score (nSPS) is 12.4. The largest absolute Gasteiger partial charge is 0.491 e. The molecule has 0 bridgehead atoms. The summed E-state index contributed by atoms with van der Waals surface area (Å²) in [6, 6.07) is 15.8. The lowest BCUT2D eigenvalue weighted by molar-refractivity contribution is 0.0606. The van der Waals surface area contributed by atoms with E-state index in [4.69, 9.17) is 9.15 Å². The molecule has 3 rings (SSSR count). The number of aryl methyl sites for hydroxylation is 1. The molecule has 132 valence electrons. The van der Waals surface area contributed by atoms with Gasteiger partial charge in [0.25, 0.3) is 0 Å². The number of aliphatic hydroxyl groups excluding tert-OH is 1. The van der Waals surface area contributed by atoms with Crippen molar-refractivity contribution in [2.45, 2.75) is 26.1 Å². The Hall–Kier alpha value is -2.08. The summed E-state index contributed by atoms with van der Waals surface area (Å²) in [6.07, 6.45) is 1.10. The van der Waals surface area contributed by atoms with E-state index in [0.717, 1.165) is 23.6 Å². The Bertz CT molecular complexity index is 704. The van der Waals surface area contributed by atoms with Crippen LogP contribution in [-0.4, -0.2) is 29.3 Å². The molecule has 0 aliphatic carbocycles. The van der Waals surface area contributed by atoms with Gasteiger partial charge in [0, 0.05) is 18.0 Å². The summed E-state index contributed by atoms with van der Waals surface area (Å²) in [5.74, 6) is 1.71. The van der Waals surface area contributed by atoms with Crippen LogP contribution in [0, 0.1) is 6.92 Å². The number of rotatable bonds is 9. The fourth-order valence-corrected chi connectivity index (χ4v) is 3.43. The highest BCUT2D eigenvalue weighted by Gasteiger charge is 2.15. The summed E-state index contributed by atoms with van der Waals surface area (Å²) < 4.78 is 11.2. The van der Waals surface area contributed by atoms with Gasteiger partial charge in [-0.2, -0.15) is 0 Å². The number of hydrogen-bond donors (Lipinski definition) is 1. The smallest absolute Gasteiger partial charge is 0.122 e. The molecule has 0 amide bonds. The van der Waals surface area contributed by atoms with E-state index >= 15 is 0 Å². The van der Waals surface area contributed by atoms with E-state index in [0.29, 0.717) is 13.1 Å². The van der Waals surface area contributed by atoms with Crippen LogP contribution in [-0.2, 0) is 13.1 Å². The van der Waals surface area contributed by atoms with Crippen LogP contribution in [0.4, 0.5) is 0 Å². The molecule has 0 aliphatic heterocycles. The molecule has 2 heterocycles. The van der Waals surface area contributed by atoms with Gasteiger partial charge in [0.2, 0.25) is 0 Å². The maximum atomic E-state index is 10.4. The van der Waals surface area contributed by atoms with Gasteiger partial charge < -0.3 is 14.3 Å². The van der Waals surface area contributed by atoms with E-state index in [1.165, 1.54) is 4.88 Å². The molecule has 0 saturated carbocycles. The van der Waals surface area contributed by atoms with Crippen molar-refractivity contribution in [1.29, 1.82) is 0 Å². The van der Waals surface area contributed by atoms with Crippen molar-refractivity contribution in [3.63, 3.8) is 0 Å². The lowest BCUT2D eigenvalue weighted by atomic mass is 10.2. The fourth-order valence-electron chi connectivity index (χ4n) is 2.69. The van der Waals surface area contributed by atoms with Gasteiger partial charge in [-0.15, -0.1) is 11.3 Å². The topological polar surface area (TPSA) is 45.8 Å². The molecule has 1 unspecified atom stereocenters. The second kappa shape index (κ2) is 8.85. The molecule has 1 N–H and O–H groups in total. The van der Waals surface area contributed by atoms with Crippen LogP contribution in [0.15, 0.2) is 64.6 Å². The second-order valence-corrected chi connectivity index (χ2v) is 7.09. The molecule has 3 aromatic rings. The Morgan fingerprint density at radius 2 is 2.00 bits per heavy atom. The van der Waals surface area contributed by atoms with Gasteiger partial charge in [0.15, 0.2) is 0 Å². The number of ether oxygens (including phenoxy) is 1. The van der Waals surface area contributed by atoms with Crippen LogP contribution >= 0.6 is 11.3 Å². The molecule has 25 heavy (non-hydrogen) atoms. The standard InChI is InChI=1S/C20H23NO3S/c1-16-6-2-3-9-20(16)24-15-17(22)12-21(13-18-7-4-10-23-18)14-19-8-5-11-25-19/h2-11,17,22H,12-15H2,1H3. The molecule has 0 saturated heterocycles. The zero-order valence-electron chi connectivity index (χ0n) is 14.3. The van der Waals surface area contributed by atoms with Gasteiger partial charge in [-0.3, -0.25) is 4.90 Å². The lowest BCUT2D eigenvalue weighted by Crippen LogP contribution is -2.34. The third-order valence-electron chi connectivity index (χ3n) is 3.91. The Morgan fingerprint density at radius 1 is 1.12 bits per heavy atom. The minimum atomic E-state index is -0.575. The van der Waals surface area contributed by atoms with Gasteiger partial charge in [-0.25, -0.2) is 0 Å². The van der Waals surface area contributed by atoms with Crippen LogP contribution in [0.25, 0.3) is 0 Å². The van der Waals surface area contributed by atoms with Gasteiger partial charge in [-0.05, 0) is 42.1 Å². The Kier molecular flexibility index (Phi) is 6.28. The minimum absolute atomic E-state index is 0.268. The highest BCUT2D eigenvalue weighted by atomic mass is 32.1. The first-order valence-corrected chi connectivity index (χ1v) is 9.22. The van der Waals surface area contributed by atoms with E-state index in [2.05, 4.69) is 16.3 Å². The first-order valence-electron chi connectivity index (χ1n) is 8.34. The van der Waals surface area contributed by atoms with Crippen LogP contribution in [0.5, 0.6) is 5.75 Å². The van der Waals surface area contributed by atoms with Crippen LogP contribution in [0.2, 0.25) is 0 Å². The number of aliphatic hydroxyl groups is 1. The first-order chi connectivity index (χ1) is 12.2. The van der Waals surface area contributed by atoms with E-state index in [1.54, 1.807) is 17.6 Å². The molecular formula is C20H23NO3S. The van der Waals surface area contributed by atoms with Crippen molar-refractivity contribution >= 4 is 11.3 Å². The number of para-hydroxylation sites is 1. The molecule has 4 nitrogen and oxygen atoms in total. The van der Waals surface area contributed by atoms with E-state index in [1.807, 2.05) is 49.4 Å². The third kappa shape index (κ3) is 5.46. The SMILES string of the molecule is Cc1ccccc1OCC(O)CN(Cc1ccco1)Cc1cccs1. The van der Waals surface area contributed by atoms with E-state index in [9.17, 15) is 5.11 Å². The summed E-state index contributed by atoms with van der Waals surface area (Å²) >= 11 is 1.72. The maximum absolute atomic E-state index is 10.4. The zero-order valence-corrected chi connectivity index (χ0v) is 15.1. The molecular weight excluding hydrogens is 334 g/mol. The molecule has 0 spiro atoms. The van der Waals surface area contributed by atoms with Crippen LogP contribution < -0.4 is 4.74 Å². The summed E-state index contributed by atoms with van der Waals surface area (Å²) in [4.78, 5) is 3.44. The van der Waals surface area contributed by atoms with Gasteiger partial charge in [0.05, 0.1) is 12.8 Å².